The number of nitrogens with zero attached hydrogens (tertiary/aromatic N) is 2. The van der Waals surface area contributed by atoms with Gasteiger partial charge in [0.15, 0.2) is 0 Å². The van der Waals surface area contributed by atoms with Gasteiger partial charge < -0.3 is 0 Å². The summed E-state index contributed by atoms with van der Waals surface area (Å²) in [6.45, 7) is -0.439. The highest BCUT2D eigenvalue weighted by molar-refractivity contribution is 7.89. The molecular weight excluding hydrogens is 324 g/mol. The molecule has 0 spiro atoms. The molecule has 0 amide bonds. The third-order valence-electron chi connectivity index (χ3n) is 3.00. The molecule has 0 fully saturated rings. The summed E-state index contributed by atoms with van der Waals surface area (Å²) in [5, 5.41) is 17.7. The van der Waals surface area contributed by atoms with Gasteiger partial charge in [0.25, 0.3) is 0 Å². The molecule has 1 N–H and O–H groups in total. The van der Waals surface area contributed by atoms with Crippen molar-refractivity contribution >= 4 is 10.0 Å². The van der Waals surface area contributed by atoms with Crippen LogP contribution in [-0.2, 0) is 16.6 Å². The van der Waals surface area contributed by atoms with E-state index in [-0.39, 0.29) is 11.1 Å². The monoisotopic (exact) mass is 333 g/mol. The first-order chi connectivity index (χ1) is 10.9. The fourth-order valence-electron chi connectivity index (χ4n) is 1.87. The zero-order valence-corrected chi connectivity index (χ0v) is 12.4. The highest BCUT2D eigenvalue weighted by Crippen LogP contribution is 2.18. The van der Waals surface area contributed by atoms with E-state index in [1.54, 1.807) is 0 Å². The number of rotatable bonds is 4. The summed E-state index contributed by atoms with van der Waals surface area (Å²) < 4.78 is 53.6. The lowest BCUT2D eigenvalue weighted by atomic mass is 10.1. The summed E-state index contributed by atoms with van der Waals surface area (Å²) in [6, 6.07) is 10.0. The van der Waals surface area contributed by atoms with Gasteiger partial charge in [0.05, 0.1) is 11.6 Å². The molecule has 8 heteroatoms. The first kappa shape index (κ1) is 16.6. The normalized spacial score (nSPS) is 10.8. The van der Waals surface area contributed by atoms with E-state index in [0.717, 1.165) is 24.3 Å². The van der Waals surface area contributed by atoms with Crippen molar-refractivity contribution < 1.29 is 17.2 Å². The van der Waals surface area contributed by atoms with E-state index in [2.05, 4.69) is 4.72 Å². The van der Waals surface area contributed by atoms with Gasteiger partial charge >= 0.3 is 0 Å². The van der Waals surface area contributed by atoms with Crippen molar-refractivity contribution in [2.75, 3.05) is 0 Å². The van der Waals surface area contributed by atoms with Crippen LogP contribution in [0, 0.1) is 34.3 Å². The van der Waals surface area contributed by atoms with Gasteiger partial charge in [0.1, 0.15) is 28.2 Å². The van der Waals surface area contributed by atoms with Crippen LogP contribution in [0.5, 0.6) is 0 Å². The van der Waals surface area contributed by atoms with Crippen LogP contribution in [0.3, 0.4) is 0 Å². The highest BCUT2D eigenvalue weighted by atomic mass is 32.2. The van der Waals surface area contributed by atoms with Crippen LogP contribution in [0.2, 0.25) is 0 Å². The summed E-state index contributed by atoms with van der Waals surface area (Å²) in [4.78, 5) is -0.531. The molecule has 0 aliphatic heterocycles. The average Bonchev–Trinajstić information content (AvgIpc) is 2.54. The number of hydrogen-bond donors (Lipinski definition) is 1. The number of hydrogen-bond acceptors (Lipinski definition) is 4. The van der Waals surface area contributed by atoms with Gasteiger partial charge in [-0.25, -0.2) is 21.9 Å². The van der Waals surface area contributed by atoms with Crippen LogP contribution >= 0.6 is 0 Å². The largest absolute Gasteiger partial charge is 0.242 e. The number of halogens is 2. The van der Waals surface area contributed by atoms with Crippen LogP contribution in [0.25, 0.3) is 0 Å². The Kier molecular flexibility index (Phi) is 4.70. The van der Waals surface area contributed by atoms with Crippen LogP contribution in [0.4, 0.5) is 8.78 Å². The summed E-state index contributed by atoms with van der Waals surface area (Å²) in [7, 11) is -4.22. The van der Waals surface area contributed by atoms with E-state index in [1.807, 2.05) is 6.07 Å². The van der Waals surface area contributed by atoms with Gasteiger partial charge in [-0.2, -0.15) is 10.5 Å². The lowest BCUT2D eigenvalue weighted by Crippen LogP contribution is -2.25. The Balaban J connectivity index is 2.33. The molecule has 0 aliphatic rings. The van der Waals surface area contributed by atoms with Gasteiger partial charge in [-0.3, -0.25) is 0 Å². The Hall–Kier alpha value is -2.81. The van der Waals surface area contributed by atoms with Crippen molar-refractivity contribution in [1.82, 2.24) is 4.72 Å². The van der Waals surface area contributed by atoms with Gasteiger partial charge in [-0.15, -0.1) is 0 Å². The second-order valence-electron chi connectivity index (χ2n) is 4.47. The lowest BCUT2D eigenvalue weighted by molar-refractivity contribution is 0.570. The van der Waals surface area contributed by atoms with Gasteiger partial charge in [-0.1, -0.05) is 6.07 Å². The predicted octanol–water partition coefficient (Wildman–Crippen LogP) is 2.19. The molecule has 0 saturated heterocycles. The minimum atomic E-state index is -4.22. The topological polar surface area (TPSA) is 93.8 Å². The molecule has 5 nitrogen and oxygen atoms in total. The van der Waals surface area contributed by atoms with Crippen molar-refractivity contribution in [3.63, 3.8) is 0 Å². The zero-order chi connectivity index (χ0) is 17.0. The highest BCUT2D eigenvalue weighted by Gasteiger charge is 2.21. The van der Waals surface area contributed by atoms with E-state index in [0.29, 0.717) is 0 Å². The number of sulfonamides is 1. The van der Waals surface area contributed by atoms with Crippen molar-refractivity contribution in [1.29, 1.82) is 10.5 Å². The first-order valence-electron chi connectivity index (χ1n) is 6.26. The summed E-state index contributed by atoms with van der Waals surface area (Å²) in [6.07, 6.45) is 0. The zero-order valence-electron chi connectivity index (χ0n) is 11.5. The number of nitrogens with one attached hydrogen (secondary N) is 1. The quantitative estimate of drug-likeness (QED) is 0.928. The molecule has 0 aliphatic carbocycles. The van der Waals surface area contributed by atoms with Crippen LogP contribution in [-0.4, -0.2) is 8.42 Å². The molecule has 2 aromatic carbocycles. The first-order valence-corrected chi connectivity index (χ1v) is 7.74. The van der Waals surface area contributed by atoms with E-state index in [1.165, 1.54) is 18.2 Å². The SMILES string of the molecule is N#Cc1ccc(F)c(CNS(=O)(=O)c2cccc(F)c2C#N)c1. The van der Waals surface area contributed by atoms with E-state index in [4.69, 9.17) is 10.5 Å². The second-order valence-corrected chi connectivity index (χ2v) is 6.20. The molecule has 116 valence electrons. The fraction of sp³-hybridized carbons (Fsp3) is 0.0667. The Bertz CT molecular complexity index is 944. The van der Waals surface area contributed by atoms with Crippen molar-refractivity contribution in [3.05, 3.63) is 64.7 Å². The summed E-state index contributed by atoms with van der Waals surface area (Å²) in [5.74, 6) is -1.65. The molecule has 0 radical (unpaired) electrons. The van der Waals surface area contributed by atoms with Crippen molar-refractivity contribution in [2.45, 2.75) is 11.4 Å². The van der Waals surface area contributed by atoms with Gasteiger partial charge in [-0.05, 0) is 30.3 Å². The summed E-state index contributed by atoms with van der Waals surface area (Å²) in [5.41, 5.74) is -0.488. The molecule has 0 heterocycles. The molecule has 0 bridgehead atoms. The van der Waals surface area contributed by atoms with Crippen LogP contribution in [0.15, 0.2) is 41.3 Å². The maximum atomic E-state index is 13.6. The number of benzene rings is 2. The van der Waals surface area contributed by atoms with E-state index < -0.39 is 38.7 Å². The molecule has 0 atom stereocenters. The summed E-state index contributed by atoms with van der Waals surface area (Å²) >= 11 is 0. The van der Waals surface area contributed by atoms with E-state index >= 15 is 0 Å². The average molecular weight is 333 g/mol. The molecule has 23 heavy (non-hydrogen) atoms. The molecule has 0 saturated carbocycles. The number of nitriles is 2. The van der Waals surface area contributed by atoms with Crippen molar-refractivity contribution in [2.24, 2.45) is 0 Å². The van der Waals surface area contributed by atoms with Crippen molar-refractivity contribution in [3.8, 4) is 12.1 Å². The molecular formula is C15H9F2N3O2S. The Morgan fingerprint density at radius 3 is 2.43 bits per heavy atom. The van der Waals surface area contributed by atoms with E-state index in [9.17, 15) is 17.2 Å². The Labute approximate surface area is 131 Å². The third-order valence-corrected chi connectivity index (χ3v) is 4.45. The fourth-order valence-corrected chi connectivity index (χ4v) is 3.04. The van der Waals surface area contributed by atoms with Crippen LogP contribution in [0.1, 0.15) is 16.7 Å². The minimum absolute atomic E-state index is 0.0393. The maximum absolute atomic E-state index is 13.6. The Morgan fingerprint density at radius 1 is 1.04 bits per heavy atom. The van der Waals surface area contributed by atoms with Crippen LogP contribution < -0.4 is 4.72 Å². The minimum Gasteiger partial charge on any atom is -0.207 e. The third kappa shape index (κ3) is 3.51. The Morgan fingerprint density at radius 2 is 1.78 bits per heavy atom. The lowest BCUT2D eigenvalue weighted by Gasteiger charge is -2.09. The second kappa shape index (κ2) is 6.53. The smallest absolute Gasteiger partial charge is 0.207 e. The predicted molar refractivity (Wildman–Crippen MR) is 76.3 cm³/mol. The molecule has 2 rings (SSSR count). The molecule has 0 unspecified atom stereocenters. The maximum Gasteiger partial charge on any atom is 0.242 e. The molecule has 0 aromatic heterocycles. The van der Waals surface area contributed by atoms with Gasteiger partial charge in [0.2, 0.25) is 10.0 Å². The van der Waals surface area contributed by atoms with Gasteiger partial charge in [0, 0.05) is 12.1 Å². The molecule has 2 aromatic rings. The standard InChI is InChI=1S/C15H9F2N3O2S/c16-13-5-4-10(7-18)6-11(13)9-20-23(21,22)15-3-1-2-14(17)12(15)8-19/h1-6,20H,9H2.